The number of amides is 1. The molecule has 1 aromatic heterocycles. The maximum atomic E-state index is 13.3. The fourth-order valence-electron chi connectivity index (χ4n) is 2.28. The molecule has 1 N–H and O–H groups in total. The van der Waals surface area contributed by atoms with Crippen molar-refractivity contribution >= 4 is 5.91 Å². The van der Waals surface area contributed by atoms with E-state index in [0.717, 1.165) is 10.9 Å². The van der Waals surface area contributed by atoms with E-state index in [-0.39, 0.29) is 31.7 Å². The lowest BCUT2D eigenvalue weighted by atomic mass is 10.2. The fraction of sp³-hybridized carbons (Fsp3) is 0.667. The van der Waals surface area contributed by atoms with Gasteiger partial charge in [-0.15, -0.1) is 0 Å². The van der Waals surface area contributed by atoms with Gasteiger partial charge in [-0.25, -0.2) is 4.39 Å². The van der Waals surface area contributed by atoms with Gasteiger partial charge in [-0.3, -0.25) is 9.48 Å². The molecule has 118 valence electrons. The lowest BCUT2D eigenvalue weighted by Crippen LogP contribution is -2.37. The van der Waals surface area contributed by atoms with E-state index >= 15 is 0 Å². The number of carbonyl (C=O) groups excluding carboxylic acids is 1. The van der Waals surface area contributed by atoms with Crippen molar-refractivity contribution in [1.82, 2.24) is 14.7 Å². The number of aromatic nitrogens is 2. The zero-order valence-corrected chi connectivity index (χ0v) is 11.1. The number of carbonyl (C=O) groups is 1. The third kappa shape index (κ3) is 3.93. The summed E-state index contributed by atoms with van der Waals surface area (Å²) in [5.41, 5.74) is 0.0877. The highest BCUT2D eigenvalue weighted by atomic mass is 19.4. The van der Waals surface area contributed by atoms with Gasteiger partial charge in [0.1, 0.15) is 6.17 Å². The lowest BCUT2D eigenvalue weighted by molar-refractivity contribution is -0.137. The lowest BCUT2D eigenvalue weighted by Gasteiger charge is -2.21. The molecule has 0 aliphatic carbocycles. The third-order valence-electron chi connectivity index (χ3n) is 3.34. The molecule has 21 heavy (non-hydrogen) atoms. The summed E-state index contributed by atoms with van der Waals surface area (Å²) < 4.78 is 50.6. The summed E-state index contributed by atoms with van der Waals surface area (Å²) >= 11 is 0. The number of rotatable bonds is 4. The van der Waals surface area contributed by atoms with Crippen molar-refractivity contribution in [2.75, 3.05) is 13.2 Å². The van der Waals surface area contributed by atoms with Crippen LogP contribution < -0.4 is 0 Å². The largest absolute Gasteiger partial charge is 0.394 e. The minimum atomic E-state index is -4.30. The molecule has 2 heterocycles. The van der Waals surface area contributed by atoms with E-state index in [2.05, 4.69) is 5.10 Å². The first-order chi connectivity index (χ1) is 9.80. The Morgan fingerprint density at radius 3 is 2.81 bits per heavy atom. The van der Waals surface area contributed by atoms with Crippen LogP contribution in [0, 0.1) is 0 Å². The highest BCUT2D eigenvalue weighted by molar-refractivity contribution is 5.94. The molecule has 1 fully saturated rings. The molecule has 2 rings (SSSR count). The molecular weight excluding hydrogens is 294 g/mol. The molecule has 1 aliphatic heterocycles. The monoisotopic (exact) mass is 309 g/mol. The van der Waals surface area contributed by atoms with Gasteiger partial charge in [-0.1, -0.05) is 0 Å². The Morgan fingerprint density at radius 1 is 1.48 bits per heavy atom. The number of aryl methyl sites for hydroxylation is 1. The van der Waals surface area contributed by atoms with Crippen molar-refractivity contribution in [3.05, 3.63) is 18.0 Å². The summed E-state index contributed by atoms with van der Waals surface area (Å²) in [6, 6.07) is -0.606. The van der Waals surface area contributed by atoms with Crippen LogP contribution in [-0.4, -0.2) is 57.2 Å². The van der Waals surface area contributed by atoms with E-state index in [1.807, 2.05) is 0 Å². The number of aliphatic hydroxyl groups is 1. The molecule has 1 aliphatic rings. The molecule has 1 amide bonds. The van der Waals surface area contributed by atoms with Crippen LogP contribution in [0.2, 0.25) is 0 Å². The molecule has 0 spiro atoms. The number of likely N-dealkylation sites (tertiary alicyclic amines) is 1. The average Bonchev–Trinajstić information content (AvgIpc) is 3.01. The molecule has 2 atom stereocenters. The number of nitrogens with zero attached hydrogens (tertiary/aromatic N) is 3. The number of aliphatic hydroxyl groups excluding tert-OH is 1. The normalized spacial score (nSPS) is 22.8. The summed E-state index contributed by atoms with van der Waals surface area (Å²) in [5, 5.41) is 12.8. The third-order valence-corrected chi connectivity index (χ3v) is 3.34. The standard InChI is InChI=1S/C12H15F4N3O2/c13-9-3-10(7-20)19(6-9)11(21)8-4-17-18(5-8)2-1-12(14,15)16/h4-5,9-10,20H,1-3,6-7H2/t9-,10-/m0/s1. The Labute approximate surface area is 118 Å². The van der Waals surface area contributed by atoms with E-state index in [9.17, 15) is 22.4 Å². The predicted molar refractivity (Wildman–Crippen MR) is 64.3 cm³/mol. The summed E-state index contributed by atoms with van der Waals surface area (Å²) in [7, 11) is 0. The first-order valence-electron chi connectivity index (χ1n) is 6.45. The van der Waals surface area contributed by atoms with Gasteiger partial charge in [0.05, 0.1) is 37.4 Å². The molecule has 5 nitrogen and oxygen atoms in total. The zero-order chi connectivity index (χ0) is 15.6. The summed E-state index contributed by atoms with van der Waals surface area (Å²) in [5.74, 6) is -0.535. The van der Waals surface area contributed by atoms with Crippen LogP contribution in [0.25, 0.3) is 0 Å². The van der Waals surface area contributed by atoms with E-state index in [1.165, 1.54) is 11.1 Å². The van der Waals surface area contributed by atoms with Crippen molar-refractivity contribution in [2.24, 2.45) is 0 Å². The number of hydrogen-bond acceptors (Lipinski definition) is 3. The predicted octanol–water partition coefficient (Wildman–Crippen LogP) is 1.38. The maximum absolute atomic E-state index is 13.3. The first-order valence-corrected chi connectivity index (χ1v) is 6.45. The van der Waals surface area contributed by atoms with Crippen LogP contribution in [0.15, 0.2) is 12.4 Å². The topological polar surface area (TPSA) is 58.4 Å². The molecule has 0 bridgehead atoms. The zero-order valence-electron chi connectivity index (χ0n) is 11.1. The highest BCUT2D eigenvalue weighted by Gasteiger charge is 2.35. The first kappa shape index (κ1) is 15.7. The van der Waals surface area contributed by atoms with Gasteiger partial charge < -0.3 is 10.0 Å². The number of halogens is 4. The Bertz CT molecular complexity index is 503. The summed E-state index contributed by atoms with van der Waals surface area (Å²) in [6.07, 6.45) is -4.13. The van der Waals surface area contributed by atoms with Crippen LogP contribution >= 0.6 is 0 Å². The highest BCUT2D eigenvalue weighted by Crippen LogP contribution is 2.23. The SMILES string of the molecule is O=C(c1cnn(CCC(F)(F)F)c1)N1C[C@@H](F)C[C@H]1CO. The maximum Gasteiger partial charge on any atom is 0.390 e. The van der Waals surface area contributed by atoms with E-state index in [4.69, 9.17) is 5.11 Å². The Morgan fingerprint density at radius 2 is 2.19 bits per heavy atom. The van der Waals surface area contributed by atoms with Crippen molar-refractivity contribution < 1.29 is 27.5 Å². The van der Waals surface area contributed by atoms with E-state index in [0.29, 0.717) is 0 Å². The molecule has 0 unspecified atom stereocenters. The quantitative estimate of drug-likeness (QED) is 0.855. The minimum absolute atomic E-state index is 0.0600. The Kier molecular flexibility index (Phi) is 4.50. The number of alkyl halides is 4. The van der Waals surface area contributed by atoms with Crippen molar-refractivity contribution in [3.63, 3.8) is 0 Å². The van der Waals surface area contributed by atoms with Crippen LogP contribution in [0.4, 0.5) is 17.6 Å². The van der Waals surface area contributed by atoms with Gasteiger partial charge in [0, 0.05) is 19.2 Å². The van der Waals surface area contributed by atoms with E-state index < -0.39 is 30.7 Å². The average molecular weight is 309 g/mol. The van der Waals surface area contributed by atoms with Crippen LogP contribution in [0.1, 0.15) is 23.2 Å². The van der Waals surface area contributed by atoms with E-state index in [1.54, 1.807) is 0 Å². The molecular formula is C12H15F4N3O2. The molecule has 0 radical (unpaired) electrons. The molecule has 0 aromatic carbocycles. The second-order valence-electron chi connectivity index (χ2n) is 4.98. The second-order valence-corrected chi connectivity index (χ2v) is 4.98. The van der Waals surface area contributed by atoms with Gasteiger partial charge in [0.15, 0.2) is 0 Å². The van der Waals surface area contributed by atoms with Crippen molar-refractivity contribution in [3.8, 4) is 0 Å². The van der Waals surface area contributed by atoms with Gasteiger partial charge >= 0.3 is 6.18 Å². The van der Waals surface area contributed by atoms with Crippen LogP contribution in [-0.2, 0) is 6.54 Å². The van der Waals surface area contributed by atoms with Gasteiger partial charge in [-0.05, 0) is 0 Å². The molecule has 1 aromatic rings. The fourth-order valence-corrected chi connectivity index (χ4v) is 2.28. The molecule has 1 saturated heterocycles. The Hall–Kier alpha value is -1.64. The summed E-state index contributed by atoms with van der Waals surface area (Å²) in [6.45, 7) is -0.863. The molecule has 9 heteroatoms. The molecule has 0 saturated carbocycles. The van der Waals surface area contributed by atoms with Gasteiger partial charge in [0.2, 0.25) is 0 Å². The Balaban J connectivity index is 2.02. The van der Waals surface area contributed by atoms with Gasteiger partial charge in [-0.2, -0.15) is 18.3 Å². The second kappa shape index (κ2) is 6.00. The summed E-state index contributed by atoms with van der Waals surface area (Å²) in [4.78, 5) is 13.3. The van der Waals surface area contributed by atoms with Crippen LogP contribution in [0.3, 0.4) is 0 Å². The van der Waals surface area contributed by atoms with Gasteiger partial charge in [0.25, 0.3) is 5.91 Å². The smallest absolute Gasteiger partial charge is 0.390 e. The van der Waals surface area contributed by atoms with Crippen LogP contribution in [0.5, 0.6) is 0 Å². The van der Waals surface area contributed by atoms with Crippen molar-refractivity contribution in [2.45, 2.75) is 37.8 Å². The number of hydrogen-bond donors (Lipinski definition) is 1. The minimum Gasteiger partial charge on any atom is -0.394 e. The van der Waals surface area contributed by atoms with Crippen molar-refractivity contribution in [1.29, 1.82) is 0 Å².